The highest BCUT2D eigenvalue weighted by atomic mass is 32.2. The minimum atomic E-state index is -3.84. The van der Waals surface area contributed by atoms with E-state index in [1.54, 1.807) is 0 Å². The smallest absolute Gasteiger partial charge is 0.305 e. The third-order valence-electron chi connectivity index (χ3n) is 5.16. The van der Waals surface area contributed by atoms with E-state index in [1.807, 2.05) is 0 Å². The first-order chi connectivity index (χ1) is 17.7. The zero-order valence-electron chi connectivity index (χ0n) is 20.0. The Labute approximate surface area is 213 Å². The van der Waals surface area contributed by atoms with Crippen LogP contribution in [0.2, 0.25) is 0 Å². The summed E-state index contributed by atoms with van der Waals surface area (Å²) < 4.78 is 85.5. The highest BCUT2D eigenvalue weighted by molar-refractivity contribution is 7.92. The maximum atomic E-state index is 13.8. The van der Waals surface area contributed by atoms with E-state index in [9.17, 15) is 45.2 Å². The predicted octanol–water partition coefficient (Wildman–Crippen LogP) is 1.73. The number of pyridine rings is 1. The molecule has 38 heavy (non-hydrogen) atoms. The molecule has 2 atom stereocenters. The number of carboxylic acid groups (broad SMARTS) is 1. The second-order valence-corrected chi connectivity index (χ2v) is 9.79. The molecule has 2 rings (SSSR count). The molecular weight excluding hydrogens is 542 g/mol. The number of hydrogen-bond donors (Lipinski definition) is 3. The number of amides is 1. The molecule has 0 fully saturated rings. The molecule has 208 valence electrons. The van der Waals surface area contributed by atoms with Crippen LogP contribution in [0.1, 0.15) is 32.7 Å². The van der Waals surface area contributed by atoms with Crippen molar-refractivity contribution in [2.45, 2.75) is 38.8 Å². The third-order valence-corrected chi connectivity index (χ3v) is 6.45. The molecule has 1 heterocycles. The van der Waals surface area contributed by atoms with Crippen molar-refractivity contribution in [3.8, 4) is 5.75 Å². The monoisotopic (exact) mass is 565 g/mol. The number of nitrogens with one attached hydrogen (secondary N) is 2. The Kier molecular flexibility index (Phi) is 9.98. The number of rotatable bonds is 13. The van der Waals surface area contributed by atoms with Crippen molar-refractivity contribution in [1.29, 1.82) is 0 Å². The molecule has 3 N–H and O–H groups in total. The van der Waals surface area contributed by atoms with E-state index in [1.165, 1.54) is 26.1 Å². The number of carbonyl (C=O) groups excluding carboxylic acids is 2. The lowest BCUT2D eigenvalue weighted by Crippen LogP contribution is -2.48. The van der Waals surface area contributed by atoms with Gasteiger partial charge in [-0.1, -0.05) is 6.92 Å². The molecule has 0 radical (unpaired) electrons. The topological polar surface area (TPSA) is 161 Å². The molecule has 0 saturated carbocycles. The lowest BCUT2D eigenvalue weighted by molar-refractivity contribution is -0.140. The van der Waals surface area contributed by atoms with Crippen molar-refractivity contribution < 1.29 is 50.2 Å². The fraction of sp³-hybridized carbons (Fsp3) is 0.364. The van der Waals surface area contributed by atoms with Gasteiger partial charge in [0, 0.05) is 12.3 Å². The molecule has 0 saturated heterocycles. The van der Waals surface area contributed by atoms with Crippen LogP contribution < -0.4 is 20.3 Å². The van der Waals surface area contributed by atoms with E-state index in [2.05, 4.69) is 14.8 Å². The Balaban J connectivity index is 2.28. The SMILES string of the molecule is CC[C@H](C(=O)NC(CC(=O)O)C(=O)COc1c(F)c(F)cc(F)c1F)n1cccc(NS(=O)(=O)CC)c1=O. The number of benzene rings is 1. The van der Waals surface area contributed by atoms with Crippen molar-refractivity contribution in [2.24, 2.45) is 0 Å². The molecule has 1 unspecified atom stereocenters. The molecule has 1 aromatic heterocycles. The van der Waals surface area contributed by atoms with Crippen LogP contribution in [-0.4, -0.2) is 54.2 Å². The van der Waals surface area contributed by atoms with Crippen molar-refractivity contribution in [2.75, 3.05) is 17.1 Å². The summed E-state index contributed by atoms with van der Waals surface area (Å²) in [4.78, 5) is 49.5. The molecule has 1 aromatic carbocycles. The standard InChI is InChI=1S/C22H23F4N3O8S/c1-3-15(29-7-5-6-13(22(29)34)28-38(35,36)4-2)21(33)27-14(9-17(31)32)16(30)10-37-20-18(25)11(23)8-12(24)19(20)26/h5-8,14-15,28H,3-4,9-10H2,1-2H3,(H,27,33)(H,31,32)/t14?,15-/m1/s1. The Hall–Kier alpha value is -3.95. The molecule has 0 bridgehead atoms. The molecule has 0 aliphatic rings. The summed E-state index contributed by atoms with van der Waals surface area (Å²) in [7, 11) is -3.84. The number of hydrogen-bond acceptors (Lipinski definition) is 7. The highest BCUT2D eigenvalue weighted by Crippen LogP contribution is 2.26. The fourth-order valence-corrected chi connectivity index (χ4v) is 3.83. The minimum absolute atomic E-state index is 0.0702. The summed E-state index contributed by atoms with van der Waals surface area (Å²) in [5.41, 5.74) is -1.27. The van der Waals surface area contributed by atoms with Gasteiger partial charge in [0.2, 0.25) is 27.6 Å². The van der Waals surface area contributed by atoms with E-state index < -0.39 is 87.4 Å². The molecule has 0 aliphatic carbocycles. The number of ketones is 1. The first kappa shape index (κ1) is 30.3. The van der Waals surface area contributed by atoms with Crippen LogP contribution in [-0.2, 0) is 24.4 Å². The van der Waals surface area contributed by atoms with Gasteiger partial charge in [0.05, 0.1) is 12.2 Å². The van der Waals surface area contributed by atoms with Gasteiger partial charge < -0.3 is 19.7 Å². The van der Waals surface area contributed by atoms with Crippen LogP contribution in [0.25, 0.3) is 0 Å². The molecule has 16 heteroatoms. The van der Waals surface area contributed by atoms with Crippen LogP contribution in [0.3, 0.4) is 0 Å². The van der Waals surface area contributed by atoms with Gasteiger partial charge in [0.15, 0.2) is 23.2 Å². The van der Waals surface area contributed by atoms with Crippen LogP contribution in [0.15, 0.2) is 29.2 Å². The van der Waals surface area contributed by atoms with Gasteiger partial charge in [0.25, 0.3) is 5.56 Å². The largest absolute Gasteiger partial charge is 0.481 e. The number of anilines is 1. The fourth-order valence-electron chi connectivity index (χ4n) is 3.19. The molecule has 1 amide bonds. The number of Topliss-reactive ketones (excluding diaryl/α,β-unsaturated/α-hetero) is 1. The zero-order chi connectivity index (χ0) is 28.8. The van der Waals surface area contributed by atoms with Crippen molar-refractivity contribution in [3.05, 3.63) is 58.0 Å². The first-order valence-electron chi connectivity index (χ1n) is 10.9. The number of aromatic nitrogens is 1. The summed E-state index contributed by atoms with van der Waals surface area (Å²) in [6.45, 7) is 1.53. The Bertz CT molecular complexity index is 1370. The second kappa shape index (κ2) is 12.5. The number of halogens is 4. The quantitative estimate of drug-likeness (QED) is 0.244. The summed E-state index contributed by atoms with van der Waals surface area (Å²) in [5, 5.41) is 11.2. The van der Waals surface area contributed by atoms with Gasteiger partial charge >= 0.3 is 5.97 Å². The summed E-state index contributed by atoms with van der Waals surface area (Å²) >= 11 is 0. The van der Waals surface area contributed by atoms with E-state index in [4.69, 9.17) is 5.11 Å². The molecule has 11 nitrogen and oxygen atoms in total. The maximum absolute atomic E-state index is 13.8. The van der Waals surface area contributed by atoms with E-state index in [0.29, 0.717) is 0 Å². The number of sulfonamides is 1. The predicted molar refractivity (Wildman–Crippen MR) is 124 cm³/mol. The van der Waals surface area contributed by atoms with Crippen molar-refractivity contribution >= 4 is 33.4 Å². The summed E-state index contributed by atoms with van der Waals surface area (Å²) in [6.07, 6.45) is 0.0816. The van der Waals surface area contributed by atoms with Gasteiger partial charge in [-0.15, -0.1) is 0 Å². The molecular formula is C22H23F4N3O8S. The zero-order valence-corrected chi connectivity index (χ0v) is 20.8. The van der Waals surface area contributed by atoms with Crippen LogP contribution >= 0.6 is 0 Å². The van der Waals surface area contributed by atoms with Crippen LogP contribution in [0, 0.1) is 23.3 Å². The normalized spacial score (nSPS) is 12.9. The van der Waals surface area contributed by atoms with E-state index in [0.717, 1.165) is 10.6 Å². The maximum Gasteiger partial charge on any atom is 0.305 e. The van der Waals surface area contributed by atoms with Gasteiger partial charge in [-0.3, -0.25) is 23.9 Å². The van der Waals surface area contributed by atoms with Gasteiger partial charge in [-0.2, -0.15) is 8.78 Å². The molecule has 2 aromatic rings. The van der Waals surface area contributed by atoms with Crippen molar-refractivity contribution in [3.63, 3.8) is 0 Å². The first-order valence-corrected chi connectivity index (χ1v) is 12.6. The van der Waals surface area contributed by atoms with Gasteiger partial charge in [-0.05, 0) is 25.5 Å². The van der Waals surface area contributed by atoms with Crippen molar-refractivity contribution in [1.82, 2.24) is 9.88 Å². The highest BCUT2D eigenvalue weighted by Gasteiger charge is 2.30. The number of nitrogens with zero attached hydrogens (tertiary/aromatic N) is 1. The summed E-state index contributed by atoms with van der Waals surface area (Å²) in [5.74, 6) is -13.2. The minimum Gasteiger partial charge on any atom is -0.481 e. The lowest BCUT2D eigenvalue weighted by Gasteiger charge is -2.22. The Morgan fingerprint density at radius 3 is 2.24 bits per heavy atom. The Morgan fingerprint density at radius 2 is 1.71 bits per heavy atom. The number of aliphatic carboxylic acids is 1. The number of ether oxygens (including phenoxy) is 1. The molecule has 0 spiro atoms. The average molecular weight is 565 g/mol. The lowest BCUT2D eigenvalue weighted by atomic mass is 10.1. The second-order valence-electron chi connectivity index (χ2n) is 7.78. The van der Waals surface area contributed by atoms with Gasteiger partial charge in [-0.25, -0.2) is 17.2 Å². The van der Waals surface area contributed by atoms with Crippen LogP contribution in [0.5, 0.6) is 5.75 Å². The Morgan fingerprint density at radius 1 is 1.11 bits per heavy atom. The van der Waals surface area contributed by atoms with E-state index in [-0.39, 0.29) is 23.9 Å². The van der Waals surface area contributed by atoms with Crippen LogP contribution in [0.4, 0.5) is 23.2 Å². The summed E-state index contributed by atoms with van der Waals surface area (Å²) in [6, 6.07) is -0.818. The average Bonchev–Trinajstić information content (AvgIpc) is 2.84. The number of carbonyl (C=O) groups is 3. The van der Waals surface area contributed by atoms with E-state index >= 15 is 0 Å². The third kappa shape index (κ3) is 7.30. The van der Waals surface area contributed by atoms with Gasteiger partial charge in [0.1, 0.15) is 24.4 Å². The molecule has 0 aliphatic heterocycles. The number of carboxylic acids is 1.